The van der Waals surface area contributed by atoms with E-state index in [2.05, 4.69) is 26.3 Å². The van der Waals surface area contributed by atoms with Gasteiger partial charge in [0.15, 0.2) is 5.69 Å². The van der Waals surface area contributed by atoms with Gasteiger partial charge in [-0.3, -0.25) is 4.79 Å². The predicted octanol–water partition coefficient (Wildman–Crippen LogP) is 2.63. The number of benzene rings is 1. The number of amides is 1. The lowest BCUT2D eigenvalue weighted by atomic mass is 9.96. The molecule has 1 heterocycles. The van der Waals surface area contributed by atoms with Crippen molar-refractivity contribution in [3.05, 3.63) is 46.4 Å². The maximum Gasteiger partial charge on any atom is 0.273 e. The van der Waals surface area contributed by atoms with Crippen LogP contribution in [0.2, 0.25) is 0 Å². The quantitative estimate of drug-likeness (QED) is 0.837. The zero-order chi connectivity index (χ0) is 16.6. The number of carbonyl (C=O) groups is 1. The van der Waals surface area contributed by atoms with Gasteiger partial charge >= 0.3 is 0 Å². The number of nitrogens with zero attached hydrogens (tertiary/aromatic N) is 2. The highest BCUT2D eigenvalue weighted by molar-refractivity contribution is 9.10. The van der Waals surface area contributed by atoms with E-state index in [1.807, 2.05) is 6.92 Å². The zero-order valence-corrected chi connectivity index (χ0v) is 14.3. The van der Waals surface area contributed by atoms with E-state index in [1.165, 1.54) is 16.8 Å². The molecule has 0 aliphatic heterocycles. The molecule has 0 spiro atoms. The van der Waals surface area contributed by atoms with E-state index in [0.29, 0.717) is 22.6 Å². The number of hydrogen-bond acceptors (Lipinski definition) is 3. The van der Waals surface area contributed by atoms with Crippen molar-refractivity contribution in [3.63, 3.8) is 0 Å². The van der Waals surface area contributed by atoms with Crippen molar-refractivity contribution in [1.29, 1.82) is 0 Å². The molecule has 122 valence electrons. The Bertz CT molecular complexity index is 726. The van der Waals surface area contributed by atoms with Gasteiger partial charge < -0.3 is 11.1 Å². The van der Waals surface area contributed by atoms with Crippen LogP contribution in [0.25, 0.3) is 5.69 Å². The third-order valence-corrected chi connectivity index (χ3v) is 4.86. The summed E-state index contributed by atoms with van der Waals surface area (Å²) in [6.07, 6.45) is 3.84. The molecule has 1 fully saturated rings. The monoisotopic (exact) mass is 380 g/mol. The van der Waals surface area contributed by atoms with E-state index >= 15 is 0 Å². The minimum absolute atomic E-state index is 0.266. The molecule has 23 heavy (non-hydrogen) atoms. The number of rotatable bonds is 5. The van der Waals surface area contributed by atoms with Gasteiger partial charge in [0.25, 0.3) is 5.91 Å². The van der Waals surface area contributed by atoms with Crippen molar-refractivity contribution in [2.45, 2.75) is 25.3 Å². The molecule has 1 saturated carbocycles. The van der Waals surface area contributed by atoms with E-state index in [0.717, 1.165) is 12.8 Å². The normalized spacial score (nSPS) is 16.9. The Morgan fingerprint density at radius 1 is 1.48 bits per heavy atom. The summed E-state index contributed by atoms with van der Waals surface area (Å²) in [5.74, 6) is -0.159. The first-order valence-corrected chi connectivity index (χ1v) is 8.26. The molecule has 3 N–H and O–H groups in total. The fraction of sp³-hybridized carbons (Fsp3) is 0.375. The number of nitrogens with two attached hydrogens (primary N) is 1. The smallest absolute Gasteiger partial charge is 0.273 e. The van der Waals surface area contributed by atoms with Crippen molar-refractivity contribution in [3.8, 4) is 5.69 Å². The van der Waals surface area contributed by atoms with Crippen molar-refractivity contribution in [2.75, 3.05) is 6.54 Å². The van der Waals surface area contributed by atoms with Gasteiger partial charge in [-0.05, 0) is 65.9 Å². The largest absolute Gasteiger partial charge is 0.344 e. The molecule has 0 saturated heterocycles. The molecule has 0 bridgehead atoms. The fourth-order valence-corrected chi connectivity index (χ4v) is 3.04. The fourth-order valence-electron chi connectivity index (χ4n) is 2.59. The summed E-state index contributed by atoms with van der Waals surface area (Å²) in [6.45, 7) is 2.35. The minimum atomic E-state index is -0.407. The third-order valence-electron chi connectivity index (χ3n) is 4.28. The maximum absolute atomic E-state index is 13.0. The molecule has 1 aliphatic carbocycles. The number of hydrogen-bond donors (Lipinski definition) is 2. The molecular formula is C16H18BrFN4O. The summed E-state index contributed by atoms with van der Waals surface area (Å²) in [5.41, 5.74) is 6.39. The SMILES string of the molecule is CC(CN)(NC(=O)c1nn(-c2ccc(F)cc2)cc1Br)C1CC1. The summed E-state index contributed by atoms with van der Waals surface area (Å²) < 4.78 is 15.1. The molecular weight excluding hydrogens is 363 g/mol. The predicted molar refractivity (Wildman–Crippen MR) is 88.9 cm³/mol. The van der Waals surface area contributed by atoms with Crippen LogP contribution in [-0.4, -0.2) is 27.8 Å². The number of aromatic nitrogens is 2. The average molecular weight is 381 g/mol. The Balaban J connectivity index is 1.83. The highest BCUT2D eigenvalue weighted by Gasteiger charge is 2.42. The number of carbonyl (C=O) groups excluding carboxylic acids is 1. The van der Waals surface area contributed by atoms with Crippen molar-refractivity contribution >= 4 is 21.8 Å². The van der Waals surface area contributed by atoms with E-state index in [-0.39, 0.29) is 17.4 Å². The number of nitrogens with one attached hydrogen (secondary N) is 1. The van der Waals surface area contributed by atoms with E-state index in [1.54, 1.807) is 18.3 Å². The first kappa shape index (κ1) is 16.1. The molecule has 5 nitrogen and oxygen atoms in total. The molecule has 0 radical (unpaired) electrons. The van der Waals surface area contributed by atoms with E-state index < -0.39 is 5.54 Å². The third kappa shape index (κ3) is 3.30. The lowest BCUT2D eigenvalue weighted by Crippen LogP contribution is -2.53. The molecule has 3 rings (SSSR count). The van der Waals surface area contributed by atoms with Crippen LogP contribution in [0.5, 0.6) is 0 Å². The van der Waals surface area contributed by atoms with Crippen LogP contribution in [-0.2, 0) is 0 Å². The van der Waals surface area contributed by atoms with Crippen LogP contribution in [0.1, 0.15) is 30.3 Å². The van der Waals surface area contributed by atoms with Crippen LogP contribution in [0.4, 0.5) is 4.39 Å². The van der Waals surface area contributed by atoms with Gasteiger partial charge in [0.05, 0.1) is 15.7 Å². The van der Waals surface area contributed by atoms with Gasteiger partial charge in [-0.15, -0.1) is 0 Å². The van der Waals surface area contributed by atoms with Gasteiger partial charge in [-0.25, -0.2) is 9.07 Å². The van der Waals surface area contributed by atoms with Crippen LogP contribution >= 0.6 is 15.9 Å². The van der Waals surface area contributed by atoms with Crippen LogP contribution < -0.4 is 11.1 Å². The highest BCUT2D eigenvalue weighted by Crippen LogP contribution is 2.39. The lowest BCUT2D eigenvalue weighted by Gasteiger charge is -2.29. The van der Waals surface area contributed by atoms with Gasteiger partial charge in [0, 0.05) is 12.7 Å². The van der Waals surface area contributed by atoms with Gasteiger partial charge in [0.1, 0.15) is 5.82 Å². The molecule has 1 aromatic carbocycles. The highest BCUT2D eigenvalue weighted by atomic mass is 79.9. The summed E-state index contributed by atoms with van der Waals surface area (Å²) in [4.78, 5) is 12.5. The van der Waals surface area contributed by atoms with Crippen LogP contribution in [0.3, 0.4) is 0 Å². The molecule has 2 aromatic rings. The summed E-state index contributed by atoms with van der Waals surface area (Å²) in [7, 11) is 0. The maximum atomic E-state index is 13.0. The molecule has 7 heteroatoms. The summed E-state index contributed by atoms with van der Waals surface area (Å²) in [6, 6.07) is 5.90. The van der Waals surface area contributed by atoms with Crippen molar-refractivity contribution in [1.82, 2.24) is 15.1 Å². The van der Waals surface area contributed by atoms with Crippen molar-refractivity contribution < 1.29 is 9.18 Å². The Labute approximate surface area is 142 Å². The Hall–Kier alpha value is -1.73. The molecule has 1 aliphatic rings. The zero-order valence-electron chi connectivity index (χ0n) is 12.7. The second kappa shape index (κ2) is 6.05. The molecule has 1 aromatic heterocycles. The summed E-state index contributed by atoms with van der Waals surface area (Å²) in [5, 5.41) is 7.31. The van der Waals surface area contributed by atoms with E-state index in [4.69, 9.17) is 5.73 Å². The second-order valence-corrected chi connectivity index (χ2v) is 6.95. The van der Waals surface area contributed by atoms with Crippen LogP contribution in [0.15, 0.2) is 34.9 Å². The number of halogens is 2. The van der Waals surface area contributed by atoms with E-state index in [9.17, 15) is 9.18 Å². The topological polar surface area (TPSA) is 72.9 Å². The van der Waals surface area contributed by atoms with Crippen molar-refractivity contribution in [2.24, 2.45) is 11.7 Å². The Morgan fingerprint density at radius 2 is 2.13 bits per heavy atom. The molecule has 1 amide bonds. The Morgan fingerprint density at radius 3 is 2.70 bits per heavy atom. The standard InChI is InChI=1S/C16H18BrFN4O/c1-16(9-19,10-2-3-10)20-15(23)14-13(17)8-22(21-14)12-6-4-11(18)5-7-12/h4-8,10H,2-3,9,19H2,1H3,(H,20,23). The van der Waals surface area contributed by atoms with Crippen LogP contribution in [0, 0.1) is 11.7 Å². The van der Waals surface area contributed by atoms with Gasteiger partial charge in [-0.2, -0.15) is 5.10 Å². The first-order chi connectivity index (χ1) is 10.9. The molecule has 1 atom stereocenters. The summed E-state index contributed by atoms with van der Waals surface area (Å²) >= 11 is 3.36. The Kier molecular flexibility index (Phi) is 4.25. The molecule has 1 unspecified atom stereocenters. The first-order valence-electron chi connectivity index (χ1n) is 7.46. The second-order valence-electron chi connectivity index (χ2n) is 6.10. The minimum Gasteiger partial charge on any atom is -0.344 e. The van der Waals surface area contributed by atoms with Gasteiger partial charge in [0.2, 0.25) is 0 Å². The van der Waals surface area contributed by atoms with Gasteiger partial charge in [-0.1, -0.05) is 0 Å². The average Bonchev–Trinajstić information content (AvgIpc) is 3.31. The lowest BCUT2D eigenvalue weighted by molar-refractivity contribution is 0.0891.